The molecule has 0 unspecified atom stereocenters. The van der Waals surface area contributed by atoms with Gasteiger partial charge in [0.1, 0.15) is 0 Å². The molecule has 0 aromatic heterocycles. The van der Waals surface area contributed by atoms with Crippen molar-refractivity contribution in [1.29, 1.82) is 5.26 Å². The first kappa shape index (κ1) is 14.2. The number of allylic oxidation sites excluding steroid dienone is 1. The molecular weight excluding hydrogens is 260 g/mol. The second kappa shape index (κ2) is 6.32. The maximum atomic E-state index is 12.7. The van der Waals surface area contributed by atoms with E-state index in [2.05, 4.69) is 4.85 Å². The summed E-state index contributed by atoms with van der Waals surface area (Å²) in [6.07, 6.45) is 1.44. The Balaban J connectivity index is 2.54. The number of rotatable bonds is 3. The Bertz CT molecular complexity index is 788. The highest BCUT2D eigenvalue weighted by atomic mass is 16.1. The van der Waals surface area contributed by atoms with Crippen molar-refractivity contribution < 1.29 is 4.79 Å². The van der Waals surface area contributed by atoms with Crippen molar-refractivity contribution in [1.82, 2.24) is 0 Å². The number of ketones is 1. The first-order valence-electron chi connectivity index (χ1n) is 6.36. The zero-order chi connectivity index (χ0) is 15.2. The Morgan fingerprint density at radius 3 is 2.38 bits per heavy atom. The molecule has 2 rings (SSSR count). The highest BCUT2D eigenvalue weighted by Crippen LogP contribution is 2.19. The molecule has 100 valence electrons. The van der Waals surface area contributed by atoms with E-state index in [4.69, 9.17) is 11.8 Å². The number of hydrogen-bond donors (Lipinski definition) is 0. The molecule has 0 heterocycles. The van der Waals surface area contributed by atoms with E-state index in [9.17, 15) is 4.79 Å². The average molecular weight is 272 g/mol. The first-order valence-corrected chi connectivity index (χ1v) is 6.36. The minimum Gasteiger partial charge on any atom is -0.289 e. The van der Waals surface area contributed by atoms with Gasteiger partial charge in [0.2, 0.25) is 0 Å². The van der Waals surface area contributed by atoms with E-state index in [-0.39, 0.29) is 11.5 Å². The van der Waals surface area contributed by atoms with Gasteiger partial charge in [0, 0.05) is 11.1 Å². The monoisotopic (exact) mass is 272 g/mol. The summed E-state index contributed by atoms with van der Waals surface area (Å²) in [6.45, 7) is 8.82. The quantitative estimate of drug-likeness (QED) is 0.481. The highest BCUT2D eigenvalue weighted by Gasteiger charge is 2.14. The van der Waals surface area contributed by atoms with Crippen LogP contribution in [0, 0.1) is 24.8 Å². The summed E-state index contributed by atoms with van der Waals surface area (Å²) >= 11 is 0. The zero-order valence-electron chi connectivity index (χ0n) is 11.5. The van der Waals surface area contributed by atoms with Crippen LogP contribution in [0.25, 0.3) is 10.9 Å². The third kappa shape index (κ3) is 3.05. The second-order valence-electron chi connectivity index (χ2n) is 4.48. The fourth-order valence-electron chi connectivity index (χ4n) is 2.04. The van der Waals surface area contributed by atoms with Gasteiger partial charge >= 0.3 is 0 Å². The predicted molar refractivity (Wildman–Crippen MR) is 81.2 cm³/mol. The van der Waals surface area contributed by atoms with Crippen LogP contribution in [0.15, 0.2) is 54.2 Å². The SMILES string of the molecule is [C-]#[N+]/C(C#N)=C\c1ccccc1C(=O)c1ccccc1C. The first-order chi connectivity index (χ1) is 10.2. The van der Waals surface area contributed by atoms with Gasteiger partial charge in [-0.3, -0.25) is 4.79 Å². The normalized spacial score (nSPS) is 10.5. The molecule has 0 saturated heterocycles. The molecular formula is C18H12N2O. The fourth-order valence-corrected chi connectivity index (χ4v) is 2.04. The van der Waals surface area contributed by atoms with Crippen molar-refractivity contribution in [3.05, 3.63) is 87.9 Å². The van der Waals surface area contributed by atoms with Crippen molar-refractivity contribution in [2.75, 3.05) is 0 Å². The van der Waals surface area contributed by atoms with Crippen LogP contribution in [0.1, 0.15) is 27.0 Å². The lowest BCUT2D eigenvalue weighted by atomic mass is 9.95. The average Bonchev–Trinajstić information content (AvgIpc) is 2.53. The van der Waals surface area contributed by atoms with E-state index in [0.29, 0.717) is 16.7 Å². The maximum Gasteiger partial charge on any atom is 0.262 e. The van der Waals surface area contributed by atoms with E-state index in [0.717, 1.165) is 5.56 Å². The summed E-state index contributed by atoms with van der Waals surface area (Å²) in [5, 5.41) is 8.86. The maximum absolute atomic E-state index is 12.7. The molecule has 0 saturated carbocycles. The molecule has 0 spiro atoms. The van der Waals surface area contributed by atoms with Crippen LogP contribution in [0.5, 0.6) is 0 Å². The van der Waals surface area contributed by atoms with Crippen LogP contribution < -0.4 is 0 Å². The summed E-state index contributed by atoms with van der Waals surface area (Å²) in [4.78, 5) is 15.8. The third-order valence-corrected chi connectivity index (χ3v) is 3.12. The summed E-state index contributed by atoms with van der Waals surface area (Å²) in [5.74, 6) is -0.109. The number of benzene rings is 2. The third-order valence-electron chi connectivity index (χ3n) is 3.12. The molecule has 0 aliphatic carbocycles. The number of nitrogens with zero attached hydrogens (tertiary/aromatic N) is 2. The van der Waals surface area contributed by atoms with E-state index in [1.165, 1.54) is 6.08 Å². The molecule has 0 aliphatic heterocycles. The van der Waals surface area contributed by atoms with Gasteiger partial charge in [-0.15, -0.1) is 0 Å². The number of hydrogen-bond acceptors (Lipinski definition) is 2. The van der Waals surface area contributed by atoms with Crippen LogP contribution >= 0.6 is 0 Å². The summed E-state index contributed by atoms with van der Waals surface area (Å²) in [6, 6.07) is 16.2. The molecule has 3 nitrogen and oxygen atoms in total. The van der Waals surface area contributed by atoms with Gasteiger partial charge in [-0.25, -0.2) is 10.1 Å². The lowest BCUT2D eigenvalue weighted by Gasteiger charge is -2.07. The van der Waals surface area contributed by atoms with Crippen molar-refractivity contribution in [2.45, 2.75) is 6.92 Å². The molecule has 0 N–H and O–H groups in total. The Hall–Kier alpha value is -3.17. The second-order valence-corrected chi connectivity index (χ2v) is 4.48. The van der Waals surface area contributed by atoms with Crippen LogP contribution in [0.3, 0.4) is 0 Å². The summed E-state index contributed by atoms with van der Waals surface area (Å²) in [5.41, 5.74) is 2.55. The smallest absolute Gasteiger partial charge is 0.262 e. The van der Waals surface area contributed by atoms with E-state index < -0.39 is 0 Å². The predicted octanol–water partition coefficient (Wildman–Crippen LogP) is 4.01. The Labute approximate surface area is 123 Å². The minimum absolute atomic E-state index is 0.0416. The number of carbonyl (C=O) groups is 1. The molecule has 0 amide bonds. The van der Waals surface area contributed by atoms with Crippen molar-refractivity contribution in [3.63, 3.8) is 0 Å². The van der Waals surface area contributed by atoms with Gasteiger partial charge in [-0.1, -0.05) is 48.5 Å². The minimum atomic E-state index is -0.109. The van der Waals surface area contributed by atoms with E-state index in [1.807, 2.05) is 31.2 Å². The topological polar surface area (TPSA) is 45.2 Å². The molecule has 3 heteroatoms. The molecule has 21 heavy (non-hydrogen) atoms. The standard InChI is InChI=1S/C18H12N2O/c1-13-7-3-5-9-16(13)18(21)17-10-6-4-8-14(17)11-15(12-19)20-2/h3-11H,1H3/b15-11-. The number of carbonyl (C=O) groups excluding carboxylic acids is 1. The van der Waals surface area contributed by atoms with Gasteiger partial charge in [0.25, 0.3) is 5.70 Å². The van der Waals surface area contributed by atoms with Gasteiger partial charge in [-0.2, -0.15) is 0 Å². The van der Waals surface area contributed by atoms with Crippen LogP contribution in [0.2, 0.25) is 0 Å². The zero-order valence-corrected chi connectivity index (χ0v) is 11.5. The van der Waals surface area contributed by atoms with Crippen LogP contribution in [-0.2, 0) is 0 Å². The van der Waals surface area contributed by atoms with Crippen LogP contribution in [0.4, 0.5) is 0 Å². The summed E-state index contributed by atoms with van der Waals surface area (Å²) < 4.78 is 0. The Morgan fingerprint density at radius 2 is 1.76 bits per heavy atom. The van der Waals surface area contributed by atoms with E-state index in [1.54, 1.807) is 30.3 Å². The molecule has 0 bridgehead atoms. The lowest BCUT2D eigenvalue weighted by Crippen LogP contribution is -2.05. The van der Waals surface area contributed by atoms with E-state index >= 15 is 0 Å². The highest BCUT2D eigenvalue weighted by molar-refractivity contribution is 6.11. The van der Waals surface area contributed by atoms with Crippen molar-refractivity contribution in [3.8, 4) is 6.07 Å². The van der Waals surface area contributed by atoms with Gasteiger partial charge < -0.3 is 0 Å². The molecule has 0 radical (unpaired) electrons. The molecule has 2 aromatic carbocycles. The molecule has 0 atom stereocenters. The molecule has 2 aromatic rings. The number of nitriles is 1. The van der Waals surface area contributed by atoms with Gasteiger partial charge in [-0.05, 0) is 24.1 Å². The molecule has 0 fully saturated rings. The van der Waals surface area contributed by atoms with Crippen molar-refractivity contribution in [2.24, 2.45) is 0 Å². The summed E-state index contributed by atoms with van der Waals surface area (Å²) in [7, 11) is 0. The Morgan fingerprint density at radius 1 is 1.14 bits per heavy atom. The lowest BCUT2D eigenvalue weighted by molar-refractivity contribution is 0.103. The van der Waals surface area contributed by atoms with Gasteiger partial charge in [0.15, 0.2) is 5.78 Å². The van der Waals surface area contributed by atoms with Crippen LogP contribution in [-0.4, -0.2) is 5.78 Å². The number of aryl methyl sites for hydroxylation is 1. The molecule has 0 aliphatic rings. The Kier molecular flexibility index (Phi) is 4.29. The van der Waals surface area contributed by atoms with Gasteiger partial charge in [0.05, 0.1) is 12.6 Å². The van der Waals surface area contributed by atoms with Crippen molar-refractivity contribution >= 4 is 11.9 Å². The fraction of sp³-hybridized carbons (Fsp3) is 0.0556. The largest absolute Gasteiger partial charge is 0.289 e.